The van der Waals surface area contributed by atoms with E-state index in [9.17, 15) is 14.4 Å². The molecular formula is C20H30ClN3O6. The van der Waals surface area contributed by atoms with Gasteiger partial charge in [-0.15, -0.1) is 0 Å². The number of hydrogen-bond acceptors (Lipinski definition) is 5. The van der Waals surface area contributed by atoms with Crippen molar-refractivity contribution < 1.29 is 29.3 Å². The number of amides is 2. The van der Waals surface area contributed by atoms with Gasteiger partial charge in [-0.2, -0.15) is 0 Å². The highest BCUT2D eigenvalue weighted by Gasteiger charge is 2.16. The van der Waals surface area contributed by atoms with E-state index in [2.05, 4.69) is 5.32 Å². The van der Waals surface area contributed by atoms with Gasteiger partial charge in [0.15, 0.2) is 0 Å². The first kappa shape index (κ1) is 27.2. The second kappa shape index (κ2) is 15.1. The van der Waals surface area contributed by atoms with Crippen LogP contribution in [-0.2, 0) is 9.59 Å². The van der Waals surface area contributed by atoms with Crippen LogP contribution in [0, 0.1) is 0 Å². The van der Waals surface area contributed by atoms with Gasteiger partial charge in [0.05, 0.1) is 11.6 Å². The third-order valence-electron chi connectivity index (χ3n) is 3.51. The second-order valence-corrected chi connectivity index (χ2v) is 7.02. The second-order valence-electron chi connectivity index (χ2n) is 6.61. The fourth-order valence-corrected chi connectivity index (χ4v) is 2.23. The van der Waals surface area contributed by atoms with Gasteiger partial charge in [0.1, 0.15) is 12.4 Å². The maximum atomic E-state index is 12.2. The van der Waals surface area contributed by atoms with Gasteiger partial charge < -0.3 is 30.1 Å². The van der Waals surface area contributed by atoms with Gasteiger partial charge in [-0.25, -0.2) is 14.4 Å². The van der Waals surface area contributed by atoms with E-state index in [1.807, 2.05) is 51.0 Å². The van der Waals surface area contributed by atoms with Crippen molar-refractivity contribution in [2.24, 2.45) is 0 Å². The Balaban J connectivity index is 0.000000890. The van der Waals surface area contributed by atoms with E-state index in [1.165, 1.54) is 0 Å². The van der Waals surface area contributed by atoms with E-state index in [0.29, 0.717) is 42.6 Å². The molecule has 1 rings (SSSR count). The highest BCUT2D eigenvalue weighted by Crippen LogP contribution is 2.22. The van der Waals surface area contributed by atoms with Crippen LogP contribution in [0.1, 0.15) is 13.8 Å². The lowest BCUT2D eigenvalue weighted by atomic mass is 10.3. The molecule has 0 aromatic heterocycles. The van der Waals surface area contributed by atoms with Crippen LogP contribution in [0.3, 0.4) is 0 Å². The zero-order chi connectivity index (χ0) is 23.1. The Labute approximate surface area is 181 Å². The van der Waals surface area contributed by atoms with Crippen molar-refractivity contribution in [1.82, 2.24) is 15.1 Å². The number of carbonyl (C=O) groups is 3. The van der Waals surface area contributed by atoms with Crippen LogP contribution in [0.4, 0.5) is 4.79 Å². The Morgan fingerprint density at radius 3 is 2.13 bits per heavy atom. The lowest BCUT2D eigenvalue weighted by Gasteiger charge is -2.27. The number of carboxylic acids is 2. The molecule has 0 aliphatic carbocycles. The van der Waals surface area contributed by atoms with Gasteiger partial charge in [-0.05, 0) is 40.1 Å². The standard InChI is InChI=1S/C16H26ClN3O2.C4H4O4/c1-13(2)20(16(21)18-9-10-19(3)4)11-12-22-15-8-6-5-7-14(15)17;5-3(6)1-2-4(7)8/h5-8,13H,9-12H2,1-4H3,(H,18,21);1-2H,(H,5,6)(H,7,8). The summed E-state index contributed by atoms with van der Waals surface area (Å²) in [4.78, 5) is 35.1. The molecule has 10 heteroatoms. The average molecular weight is 444 g/mol. The van der Waals surface area contributed by atoms with E-state index < -0.39 is 11.9 Å². The molecule has 0 atom stereocenters. The smallest absolute Gasteiger partial charge is 0.328 e. The number of aliphatic carboxylic acids is 2. The van der Waals surface area contributed by atoms with Gasteiger partial charge in [0.2, 0.25) is 0 Å². The molecule has 0 bridgehead atoms. The van der Waals surface area contributed by atoms with Crippen molar-refractivity contribution in [2.45, 2.75) is 19.9 Å². The summed E-state index contributed by atoms with van der Waals surface area (Å²) in [6, 6.07) is 7.36. The van der Waals surface area contributed by atoms with Gasteiger partial charge in [0.25, 0.3) is 0 Å². The molecular weight excluding hydrogens is 414 g/mol. The summed E-state index contributed by atoms with van der Waals surface area (Å²) in [5.74, 6) is -1.87. The first-order chi connectivity index (χ1) is 14.0. The molecule has 3 N–H and O–H groups in total. The summed E-state index contributed by atoms with van der Waals surface area (Å²) in [5.41, 5.74) is 0. The maximum Gasteiger partial charge on any atom is 0.328 e. The summed E-state index contributed by atoms with van der Waals surface area (Å²) >= 11 is 6.04. The van der Waals surface area contributed by atoms with Crippen LogP contribution in [-0.4, -0.2) is 84.4 Å². The molecule has 1 aromatic rings. The molecule has 168 valence electrons. The third kappa shape index (κ3) is 13.4. The van der Waals surface area contributed by atoms with Crippen molar-refractivity contribution in [3.05, 3.63) is 41.4 Å². The molecule has 2 amide bonds. The minimum atomic E-state index is -1.26. The Bertz CT molecular complexity index is 694. The fourth-order valence-electron chi connectivity index (χ4n) is 2.04. The number of para-hydroxylation sites is 1. The van der Waals surface area contributed by atoms with Crippen LogP contribution < -0.4 is 10.1 Å². The molecule has 0 saturated heterocycles. The Morgan fingerprint density at radius 1 is 1.10 bits per heavy atom. The van der Waals surface area contributed by atoms with Gasteiger partial charge in [0, 0.05) is 31.3 Å². The molecule has 0 radical (unpaired) electrons. The quantitative estimate of drug-likeness (QED) is 0.475. The molecule has 0 saturated carbocycles. The van der Waals surface area contributed by atoms with Crippen molar-refractivity contribution in [1.29, 1.82) is 0 Å². The van der Waals surface area contributed by atoms with E-state index in [0.717, 1.165) is 6.54 Å². The van der Waals surface area contributed by atoms with Crippen molar-refractivity contribution >= 4 is 29.6 Å². The SMILES string of the molecule is CC(C)N(CCOc1ccccc1Cl)C(=O)NCCN(C)C.O=C(O)C=CC(=O)O. The monoisotopic (exact) mass is 443 g/mol. The van der Waals surface area contributed by atoms with Crippen molar-refractivity contribution in [3.63, 3.8) is 0 Å². The molecule has 0 heterocycles. The van der Waals surface area contributed by atoms with Gasteiger partial charge in [-0.3, -0.25) is 0 Å². The number of hydrogen-bond donors (Lipinski definition) is 3. The summed E-state index contributed by atoms with van der Waals surface area (Å²) in [7, 11) is 3.95. The number of carboxylic acid groups (broad SMARTS) is 2. The number of halogens is 1. The summed E-state index contributed by atoms with van der Waals surface area (Å²) in [5, 5.41) is 19.1. The summed E-state index contributed by atoms with van der Waals surface area (Å²) < 4.78 is 5.65. The van der Waals surface area contributed by atoms with Crippen LogP contribution in [0.15, 0.2) is 36.4 Å². The van der Waals surface area contributed by atoms with Gasteiger partial charge in [-0.1, -0.05) is 23.7 Å². The number of likely N-dealkylation sites (N-methyl/N-ethyl adjacent to an activating group) is 1. The van der Waals surface area contributed by atoms with E-state index in [4.69, 9.17) is 26.6 Å². The zero-order valence-electron chi connectivity index (χ0n) is 17.7. The molecule has 0 aliphatic rings. The number of nitrogens with one attached hydrogen (secondary N) is 1. The molecule has 0 aliphatic heterocycles. The number of benzene rings is 1. The first-order valence-electron chi connectivity index (χ1n) is 9.25. The Kier molecular flexibility index (Phi) is 13.7. The number of ether oxygens (including phenoxy) is 1. The Morgan fingerprint density at radius 2 is 1.67 bits per heavy atom. The van der Waals surface area contributed by atoms with Crippen molar-refractivity contribution in [2.75, 3.05) is 40.3 Å². The van der Waals surface area contributed by atoms with Crippen LogP contribution in [0.2, 0.25) is 5.02 Å². The average Bonchev–Trinajstić information content (AvgIpc) is 2.64. The zero-order valence-corrected chi connectivity index (χ0v) is 18.4. The maximum absolute atomic E-state index is 12.2. The lowest BCUT2D eigenvalue weighted by molar-refractivity contribution is -0.134. The molecule has 0 spiro atoms. The largest absolute Gasteiger partial charge is 0.490 e. The first-order valence-corrected chi connectivity index (χ1v) is 9.62. The molecule has 0 unspecified atom stereocenters. The normalized spacial score (nSPS) is 10.5. The fraction of sp³-hybridized carbons (Fsp3) is 0.450. The molecule has 30 heavy (non-hydrogen) atoms. The Hall–Kier alpha value is -2.78. The minimum Gasteiger partial charge on any atom is -0.490 e. The van der Waals surface area contributed by atoms with E-state index >= 15 is 0 Å². The van der Waals surface area contributed by atoms with Crippen molar-refractivity contribution in [3.8, 4) is 5.75 Å². The topological polar surface area (TPSA) is 119 Å². The highest BCUT2D eigenvalue weighted by atomic mass is 35.5. The van der Waals surface area contributed by atoms with Crippen LogP contribution in [0.5, 0.6) is 5.75 Å². The van der Waals surface area contributed by atoms with Crippen LogP contribution >= 0.6 is 11.6 Å². The number of carbonyl (C=O) groups excluding carboxylic acids is 1. The lowest BCUT2D eigenvalue weighted by Crippen LogP contribution is -2.47. The number of nitrogens with zero attached hydrogens (tertiary/aromatic N) is 2. The number of urea groups is 1. The molecule has 0 fully saturated rings. The molecule has 9 nitrogen and oxygen atoms in total. The minimum absolute atomic E-state index is 0.0698. The van der Waals surface area contributed by atoms with Gasteiger partial charge >= 0.3 is 18.0 Å². The third-order valence-corrected chi connectivity index (χ3v) is 3.83. The predicted molar refractivity (Wildman–Crippen MR) is 115 cm³/mol. The number of rotatable bonds is 10. The predicted octanol–water partition coefficient (Wildman–Crippen LogP) is 2.41. The highest BCUT2D eigenvalue weighted by molar-refractivity contribution is 6.32. The van der Waals surface area contributed by atoms with E-state index in [-0.39, 0.29) is 12.1 Å². The van der Waals surface area contributed by atoms with Crippen LogP contribution in [0.25, 0.3) is 0 Å². The summed E-state index contributed by atoms with van der Waals surface area (Å²) in [6.45, 7) is 6.33. The summed E-state index contributed by atoms with van der Waals surface area (Å²) in [6.07, 6.45) is 1.12. The molecule has 1 aromatic carbocycles. The van der Waals surface area contributed by atoms with E-state index in [1.54, 1.807) is 11.0 Å².